The lowest BCUT2D eigenvalue weighted by molar-refractivity contribution is -0.130. The van der Waals surface area contributed by atoms with Gasteiger partial charge in [0, 0.05) is 12.0 Å². The van der Waals surface area contributed by atoms with Crippen molar-refractivity contribution >= 4 is 22.3 Å². The first-order chi connectivity index (χ1) is 11.2. The largest absolute Gasteiger partial charge is 0.503 e. The molecule has 0 heterocycles. The zero-order chi connectivity index (χ0) is 16.7. The van der Waals surface area contributed by atoms with Crippen LogP contribution in [0.5, 0.6) is 0 Å². The summed E-state index contributed by atoms with van der Waals surface area (Å²) in [5.41, 5.74) is 1.66. The molecule has 0 aliphatic carbocycles. The second kappa shape index (κ2) is 8.05. The van der Waals surface area contributed by atoms with Crippen LogP contribution < -0.4 is 0 Å². The zero-order valence-electron chi connectivity index (χ0n) is 13.4. The molecule has 118 valence electrons. The number of carboxylic acid groups (broad SMARTS) is 1. The minimum absolute atomic E-state index is 0.134. The second-order valence-corrected chi connectivity index (χ2v) is 5.22. The van der Waals surface area contributed by atoms with Gasteiger partial charge in [-0.25, -0.2) is 4.79 Å². The highest BCUT2D eigenvalue weighted by Gasteiger charge is 2.14. The van der Waals surface area contributed by atoms with E-state index < -0.39 is 5.97 Å². The zero-order valence-corrected chi connectivity index (χ0v) is 13.4. The highest BCUT2D eigenvalue weighted by atomic mass is 16.5. The summed E-state index contributed by atoms with van der Waals surface area (Å²) >= 11 is 0. The number of fused-ring (bicyclic) bond motifs is 1. The van der Waals surface area contributed by atoms with Crippen LogP contribution in [0, 0.1) is 11.8 Å². The molecule has 0 saturated heterocycles. The molecule has 0 spiro atoms. The second-order valence-electron chi connectivity index (χ2n) is 5.22. The fraction of sp³-hybridized carbons (Fsp3) is 0.250. The fourth-order valence-corrected chi connectivity index (χ4v) is 2.36. The summed E-state index contributed by atoms with van der Waals surface area (Å²) in [6.45, 7) is 2.14. The highest BCUT2D eigenvalue weighted by Crippen LogP contribution is 2.26. The molecule has 2 aromatic carbocycles. The molecule has 0 aliphatic heterocycles. The number of ether oxygens (including phenoxy) is 1. The molecule has 0 atom stereocenters. The maximum Gasteiger partial charge on any atom is 0.339 e. The van der Waals surface area contributed by atoms with Crippen molar-refractivity contribution in [1.82, 2.24) is 0 Å². The maximum atomic E-state index is 11.5. The van der Waals surface area contributed by atoms with Gasteiger partial charge in [-0.1, -0.05) is 49.5 Å². The van der Waals surface area contributed by atoms with E-state index in [9.17, 15) is 9.90 Å². The van der Waals surface area contributed by atoms with Crippen LogP contribution in [-0.4, -0.2) is 18.2 Å². The Balaban J connectivity index is 2.51. The van der Waals surface area contributed by atoms with Crippen molar-refractivity contribution in [2.45, 2.75) is 26.2 Å². The smallest absolute Gasteiger partial charge is 0.339 e. The van der Waals surface area contributed by atoms with Crippen molar-refractivity contribution in [3.63, 3.8) is 0 Å². The number of rotatable bonds is 5. The van der Waals surface area contributed by atoms with Crippen molar-refractivity contribution in [2.75, 3.05) is 7.11 Å². The molecule has 3 nitrogen and oxygen atoms in total. The van der Waals surface area contributed by atoms with Crippen LogP contribution in [0.4, 0.5) is 0 Å². The van der Waals surface area contributed by atoms with Gasteiger partial charge in [0.1, 0.15) is 5.57 Å². The third-order valence-corrected chi connectivity index (χ3v) is 3.53. The summed E-state index contributed by atoms with van der Waals surface area (Å²) in [4.78, 5) is 11.5. The molecule has 0 unspecified atom stereocenters. The van der Waals surface area contributed by atoms with Crippen LogP contribution >= 0.6 is 0 Å². The van der Waals surface area contributed by atoms with E-state index in [1.54, 1.807) is 6.07 Å². The normalized spacial score (nSPS) is 11.0. The van der Waals surface area contributed by atoms with E-state index >= 15 is 0 Å². The molecule has 0 aromatic heterocycles. The van der Waals surface area contributed by atoms with Gasteiger partial charge in [-0.15, -0.1) is 0 Å². The molecule has 0 amide bonds. The molecular formula is C20H20O3. The average Bonchev–Trinajstić information content (AvgIpc) is 2.56. The Morgan fingerprint density at radius 3 is 2.83 bits per heavy atom. The quantitative estimate of drug-likeness (QED) is 0.384. The van der Waals surface area contributed by atoms with E-state index in [1.807, 2.05) is 30.3 Å². The number of benzene rings is 2. The van der Waals surface area contributed by atoms with Crippen LogP contribution in [0.15, 0.2) is 42.7 Å². The van der Waals surface area contributed by atoms with E-state index in [4.69, 9.17) is 4.74 Å². The molecule has 23 heavy (non-hydrogen) atoms. The Hall–Kier alpha value is -2.73. The summed E-state index contributed by atoms with van der Waals surface area (Å²) in [5.74, 6) is 5.29. The first kappa shape index (κ1) is 16.6. The molecule has 0 radical (unpaired) electrons. The van der Waals surface area contributed by atoms with Gasteiger partial charge in [0.2, 0.25) is 0 Å². The molecule has 1 N–H and O–H groups in total. The standard InChI is InChI=1S/C20H20O3/c1-3-4-5-6-8-15-11-12-16-9-7-10-17(18(16)13-15)19(14-23-2)20(21)22/h7,9-14H,3-5H2,1-2H3,(H,21,22). The van der Waals surface area contributed by atoms with Gasteiger partial charge in [0.15, 0.2) is 0 Å². The van der Waals surface area contributed by atoms with Crippen molar-refractivity contribution in [2.24, 2.45) is 0 Å². The molecule has 3 heteroatoms. The number of methoxy groups -OCH3 is 1. The lowest BCUT2D eigenvalue weighted by atomic mass is 9.97. The molecular weight excluding hydrogens is 288 g/mol. The lowest BCUT2D eigenvalue weighted by Crippen LogP contribution is -2.01. The number of carboxylic acids is 1. The average molecular weight is 308 g/mol. The Kier molecular flexibility index (Phi) is 5.82. The molecule has 2 aromatic rings. The van der Waals surface area contributed by atoms with Crippen LogP contribution in [0.2, 0.25) is 0 Å². The number of unbranched alkanes of at least 4 members (excludes halogenated alkanes) is 2. The summed E-state index contributed by atoms with van der Waals surface area (Å²) in [5, 5.41) is 11.2. The van der Waals surface area contributed by atoms with Crippen LogP contribution in [0.3, 0.4) is 0 Å². The molecule has 0 bridgehead atoms. The number of carbonyl (C=O) groups is 1. The van der Waals surface area contributed by atoms with Gasteiger partial charge in [0.25, 0.3) is 0 Å². The van der Waals surface area contributed by atoms with Gasteiger partial charge in [-0.05, 0) is 34.9 Å². The maximum absolute atomic E-state index is 11.5. The SMILES string of the molecule is CCCCC#Cc1ccc2cccc(C(=COC)C(=O)O)c2c1. The summed E-state index contributed by atoms with van der Waals surface area (Å²) < 4.78 is 4.92. The monoisotopic (exact) mass is 308 g/mol. The van der Waals surface area contributed by atoms with Crippen molar-refractivity contribution < 1.29 is 14.6 Å². The topological polar surface area (TPSA) is 46.5 Å². The third kappa shape index (κ3) is 4.14. The highest BCUT2D eigenvalue weighted by molar-refractivity contribution is 6.19. The predicted molar refractivity (Wildman–Crippen MR) is 93.0 cm³/mol. The van der Waals surface area contributed by atoms with Gasteiger partial charge in [0.05, 0.1) is 13.4 Å². The number of hydrogen-bond acceptors (Lipinski definition) is 2. The van der Waals surface area contributed by atoms with E-state index in [0.717, 1.165) is 35.6 Å². The van der Waals surface area contributed by atoms with E-state index in [-0.39, 0.29) is 5.57 Å². The van der Waals surface area contributed by atoms with Gasteiger partial charge < -0.3 is 9.84 Å². The van der Waals surface area contributed by atoms with Crippen LogP contribution in [0.1, 0.15) is 37.3 Å². The fourth-order valence-electron chi connectivity index (χ4n) is 2.36. The molecule has 0 fully saturated rings. The summed E-state index contributed by atoms with van der Waals surface area (Å²) in [6.07, 6.45) is 4.35. The molecule has 0 saturated carbocycles. The predicted octanol–water partition coefficient (Wildman–Crippen LogP) is 4.45. The minimum Gasteiger partial charge on any atom is -0.503 e. The molecule has 0 aliphatic rings. The Morgan fingerprint density at radius 2 is 2.13 bits per heavy atom. The van der Waals surface area contributed by atoms with E-state index in [0.29, 0.717) is 5.56 Å². The Labute approximate surface area is 136 Å². The van der Waals surface area contributed by atoms with Gasteiger partial charge >= 0.3 is 5.97 Å². The van der Waals surface area contributed by atoms with Crippen LogP contribution in [0.25, 0.3) is 16.3 Å². The third-order valence-electron chi connectivity index (χ3n) is 3.53. The summed E-state index contributed by atoms with van der Waals surface area (Å²) in [6, 6.07) is 11.5. The first-order valence-electron chi connectivity index (χ1n) is 7.65. The van der Waals surface area contributed by atoms with E-state index in [2.05, 4.69) is 18.8 Å². The Bertz CT molecular complexity index is 791. The Morgan fingerprint density at radius 1 is 1.30 bits per heavy atom. The number of aliphatic carboxylic acids is 1. The van der Waals surface area contributed by atoms with Gasteiger partial charge in [-0.3, -0.25) is 0 Å². The van der Waals surface area contributed by atoms with Crippen molar-refractivity contribution in [3.8, 4) is 11.8 Å². The first-order valence-corrected chi connectivity index (χ1v) is 7.65. The summed E-state index contributed by atoms with van der Waals surface area (Å²) in [7, 11) is 1.44. The lowest BCUT2D eigenvalue weighted by Gasteiger charge is -2.08. The molecule has 2 rings (SSSR count). The van der Waals surface area contributed by atoms with Gasteiger partial charge in [-0.2, -0.15) is 0 Å². The van der Waals surface area contributed by atoms with Crippen molar-refractivity contribution in [3.05, 3.63) is 53.8 Å². The van der Waals surface area contributed by atoms with Crippen molar-refractivity contribution in [1.29, 1.82) is 0 Å². The van der Waals surface area contributed by atoms with E-state index in [1.165, 1.54) is 13.4 Å². The minimum atomic E-state index is -1.02. The number of hydrogen-bond donors (Lipinski definition) is 1. The van der Waals surface area contributed by atoms with Crippen LogP contribution in [-0.2, 0) is 9.53 Å².